The summed E-state index contributed by atoms with van der Waals surface area (Å²) in [5, 5.41) is 2.56. The average molecular weight is 709 g/mol. The number of anilines is 1. The highest BCUT2D eigenvalue weighted by molar-refractivity contribution is 7.87. The van der Waals surface area contributed by atoms with Gasteiger partial charge in [-0.1, -0.05) is 48.0 Å². The number of cyclic esters (lactones) is 1. The van der Waals surface area contributed by atoms with E-state index < -0.39 is 77.4 Å². The normalized spacial score (nSPS) is 17.3. The second-order valence-corrected chi connectivity index (χ2v) is 13.5. The molecule has 1 aliphatic heterocycles. The molecule has 1 N–H and O–H groups in total. The van der Waals surface area contributed by atoms with Gasteiger partial charge < -0.3 is 14.8 Å². The summed E-state index contributed by atoms with van der Waals surface area (Å²) < 4.78 is 81.5. The first kappa shape index (κ1) is 35.0. The topological polar surface area (TPSA) is 126 Å². The zero-order valence-corrected chi connectivity index (χ0v) is 27.4. The van der Waals surface area contributed by atoms with E-state index in [0.717, 1.165) is 21.3 Å². The summed E-state index contributed by atoms with van der Waals surface area (Å²) in [4.78, 5) is 41.8. The molecule has 1 saturated carbocycles. The predicted molar refractivity (Wildman–Crippen MR) is 169 cm³/mol. The number of alkyl halides is 2. The third-order valence-corrected chi connectivity index (χ3v) is 10.4. The Balaban J connectivity index is 1.60. The van der Waals surface area contributed by atoms with Crippen LogP contribution < -0.4 is 15.0 Å². The van der Waals surface area contributed by atoms with E-state index in [1.807, 2.05) is 0 Å². The zero-order chi connectivity index (χ0) is 34.8. The molecule has 0 aromatic heterocycles. The second kappa shape index (κ2) is 14.0. The van der Waals surface area contributed by atoms with Crippen molar-refractivity contribution in [2.75, 3.05) is 31.7 Å². The number of nitrogens with zero attached hydrogens (tertiary/aromatic N) is 3. The first-order valence-corrected chi connectivity index (χ1v) is 16.6. The molecule has 0 radical (unpaired) electrons. The maximum Gasteiger partial charge on any atom is 0.424 e. The molecule has 3 aromatic rings. The Labute approximate surface area is 280 Å². The Hall–Kier alpha value is -4.34. The van der Waals surface area contributed by atoms with Crippen molar-refractivity contribution in [1.82, 2.24) is 13.9 Å². The molecule has 0 spiro atoms. The first-order valence-electron chi connectivity index (χ1n) is 14.8. The van der Waals surface area contributed by atoms with E-state index in [9.17, 15) is 36.0 Å². The van der Waals surface area contributed by atoms with E-state index in [1.165, 1.54) is 44.4 Å². The van der Waals surface area contributed by atoms with Crippen molar-refractivity contribution < 1.29 is 45.4 Å². The van der Waals surface area contributed by atoms with E-state index in [0.29, 0.717) is 15.6 Å². The van der Waals surface area contributed by atoms with Crippen LogP contribution in [-0.4, -0.2) is 73.7 Å². The number of ether oxygens (including phenoxy) is 2. The fourth-order valence-corrected chi connectivity index (χ4v) is 7.43. The summed E-state index contributed by atoms with van der Waals surface area (Å²) in [6, 6.07) is 13.4. The molecule has 256 valence electrons. The lowest BCUT2D eigenvalue weighted by Gasteiger charge is -2.39. The molecule has 1 aliphatic carbocycles. The third kappa shape index (κ3) is 7.37. The fraction of sp³-hybridized carbons (Fsp3) is 0.344. The lowest BCUT2D eigenvalue weighted by atomic mass is 9.87. The van der Waals surface area contributed by atoms with Gasteiger partial charge in [-0.05, 0) is 48.9 Å². The van der Waals surface area contributed by atoms with Crippen molar-refractivity contribution in [3.8, 4) is 5.75 Å². The Bertz CT molecular complexity index is 1790. The largest absolute Gasteiger partial charge is 0.497 e. The molecule has 2 atom stereocenters. The minimum absolute atomic E-state index is 0.0293. The maximum atomic E-state index is 14.7. The second-order valence-electron chi connectivity index (χ2n) is 11.3. The molecule has 5 rings (SSSR count). The number of benzene rings is 3. The van der Waals surface area contributed by atoms with Gasteiger partial charge in [0.05, 0.1) is 20.2 Å². The first-order chi connectivity index (χ1) is 22.7. The Morgan fingerprint density at radius 2 is 1.79 bits per heavy atom. The summed E-state index contributed by atoms with van der Waals surface area (Å²) in [6.45, 7) is 0.0216. The van der Waals surface area contributed by atoms with Gasteiger partial charge in [0.2, 0.25) is 11.8 Å². The van der Waals surface area contributed by atoms with Gasteiger partial charge >= 0.3 is 16.3 Å². The van der Waals surface area contributed by atoms with Crippen LogP contribution in [0.5, 0.6) is 5.75 Å². The number of carbonyl (C=O) groups is 3. The zero-order valence-electron chi connectivity index (χ0n) is 25.8. The van der Waals surface area contributed by atoms with Gasteiger partial charge in [-0.2, -0.15) is 17.0 Å². The van der Waals surface area contributed by atoms with Crippen molar-refractivity contribution in [3.05, 3.63) is 94.8 Å². The van der Waals surface area contributed by atoms with E-state index in [2.05, 4.69) is 5.32 Å². The van der Waals surface area contributed by atoms with Crippen molar-refractivity contribution in [3.63, 3.8) is 0 Å². The van der Waals surface area contributed by atoms with Crippen molar-refractivity contribution in [2.24, 2.45) is 0 Å². The molecule has 48 heavy (non-hydrogen) atoms. The molecule has 1 heterocycles. The van der Waals surface area contributed by atoms with Gasteiger partial charge in [-0.25, -0.2) is 18.0 Å². The minimum atomic E-state index is -4.75. The van der Waals surface area contributed by atoms with Gasteiger partial charge in [0.1, 0.15) is 24.2 Å². The fourth-order valence-electron chi connectivity index (χ4n) is 5.59. The lowest BCUT2D eigenvalue weighted by molar-refractivity contribution is -0.132. The summed E-state index contributed by atoms with van der Waals surface area (Å²) in [5.74, 6) is -5.19. The van der Waals surface area contributed by atoms with Crippen LogP contribution in [-0.2, 0) is 24.5 Å². The highest BCUT2D eigenvalue weighted by atomic mass is 35.5. The molecule has 2 fully saturated rings. The minimum Gasteiger partial charge on any atom is -0.497 e. The van der Waals surface area contributed by atoms with Gasteiger partial charge in [0.25, 0.3) is 5.92 Å². The van der Waals surface area contributed by atoms with Crippen LogP contribution in [0.25, 0.3) is 0 Å². The average Bonchev–Trinajstić information content (AvgIpc) is 3.48. The molecule has 0 unspecified atom stereocenters. The number of hydrogen-bond acceptors (Lipinski definition) is 7. The Morgan fingerprint density at radius 1 is 1.10 bits per heavy atom. The van der Waals surface area contributed by atoms with E-state index in [4.69, 9.17) is 21.1 Å². The number of rotatable bonds is 12. The van der Waals surface area contributed by atoms with Gasteiger partial charge in [-0.3, -0.25) is 14.5 Å². The van der Waals surface area contributed by atoms with Crippen LogP contribution in [0, 0.1) is 5.82 Å². The molecule has 16 heteroatoms. The summed E-state index contributed by atoms with van der Waals surface area (Å²) >= 11 is 6.51. The van der Waals surface area contributed by atoms with Crippen LogP contribution in [0.3, 0.4) is 0 Å². The smallest absolute Gasteiger partial charge is 0.424 e. The van der Waals surface area contributed by atoms with Gasteiger partial charge in [-0.15, -0.1) is 0 Å². The third-order valence-electron chi connectivity index (χ3n) is 8.12. The number of carbonyl (C=O) groups excluding carboxylic acids is 3. The molecule has 1 saturated heterocycles. The van der Waals surface area contributed by atoms with Crippen LogP contribution in [0.15, 0.2) is 72.8 Å². The number of hydrogen-bond donors (Lipinski definition) is 1. The van der Waals surface area contributed by atoms with Crippen LogP contribution in [0.2, 0.25) is 5.02 Å². The summed E-state index contributed by atoms with van der Waals surface area (Å²) in [5.41, 5.74) is 0.346. The lowest BCUT2D eigenvalue weighted by Crippen LogP contribution is -2.55. The number of amides is 3. The molecule has 0 bridgehead atoms. The van der Waals surface area contributed by atoms with Crippen LogP contribution >= 0.6 is 11.6 Å². The predicted octanol–water partition coefficient (Wildman–Crippen LogP) is 5.24. The van der Waals surface area contributed by atoms with E-state index >= 15 is 0 Å². The number of halogens is 4. The van der Waals surface area contributed by atoms with Crippen molar-refractivity contribution >= 4 is 45.4 Å². The van der Waals surface area contributed by atoms with Crippen LogP contribution in [0.1, 0.15) is 43.0 Å². The molecular weight excluding hydrogens is 677 g/mol. The van der Waals surface area contributed by atoms with Gasteiger partial charge in [0.15, 0.2) is 0 Å². The SMILES string of the molecule is COc1ccc([C@H](C)N(CC(=O)N(c2cccc(F)c2)[C@@H](C(=O)NC2CC(F)(F)C2)c2ccccc2Cl)S(=O)(=O)N2CCOC2=O)cc1. The maximum absolute atomic E-state index is 14.7. The van der Waals surface area contributed by atoms with E-state index in [-0.39, 0.29) is 29.4 Å². The van der Waals surface area contributed by atoms with E-state index in [1.54, 1.807) is 30.3 Å². The molecule has 3 amide bonds. The summed E-state index contributed by atoms with van der Waals surface area (Å²) in [7, 11) is -3.29. The molecule has 2 aliphatic rings. The molecular formula is C32H32ClF3N4O7S. The van der Waals surface area contributed by atoms with Gasteiger partial charge in [0, 0.05) is 41.2 Å². The standard InChI is InChI=1S/C32H32ClF3N4O7S/c1-20(21-10-12-25(46-2)13-11-21)39(48(44,45)38-14-15-47-31(38)43)19-28(41)40(24-7-5-6-22(34)16-24)29(26-8-3-4-9-27(26)33)30(42)37-23-17-32(35,36)18-23/h3-13,16,20,23,29H,14-15,17-19H2,1-2H3,(H,37,42)/t20-,29+/m0/s1. The highest BCUT2D eigenvalue weighted by Crippen LogP contribution is 2.39. The highest BCUT2D eigenvalue weighted by Gasteiger charge is 2.48. The quantitative estimate of drug-likeness (QED) is 0.273. The monoisotopic (exact) mass is 708 g/mol. The van der Waals surface area contributed by atoms with Crippen LogP contribution in [0.4, 0.5) is 23.7 Å². The Kier molecular flexibility index (Phi) is 10.2. The Morgan fingerprint density at radius 3 is 2.38 bits per heavy atom. The van der Waals surface area contributed by atoms with Crippen molar-refractivity contribution in [2.45, 2.75) is 43.8 Å². The molecule has 3 aromatic carbocycles. The van der Waals surface area contributed by atoms with Crippen molar-refractivity contribution in [1.29, 1.82) is 0 Å². The number of nitrogens with one attached hydrogen (secondary N) is 1. The number of methoxy groups -OCH3 is 1. The molecule has 11 nitrogen and oxygen atoms in total. The summed E-state index contributed by atoms with van der Waals surface area (Å²) in [6.07, 6.45) is -2.39.